The van der Waals surface area contributed by atoms with E-state index in [9.17, 15) is 4.79 Å². The molecule has 2 aromatic carbocycles. The van der Waals surface area contributed by atoms with Crippen molar-refractivity contribution < 1.29 is 4.79 Å². The van der Waals surface area contributed by atoms with Gasteiger partial charge in [-0.05, 0) is 47.7 Å². The molecule has 5 heteroatoms. The first-order valence-corrected chi connectivity index (χ1v) is 10.3. The number of thiophene rings is 1. The highest BCUT2D eigenvalue weighted by Gasteiger charge is 2.16. The van der Waals surface area contributed by atoms with Gasteiger partial charge in [-0.1, -0.05) is 52.3 Å². The lowest BCUT2D eigenvalue weighted by Crippen LogP contribution is -2.23. The van der Waals surface area contributed by atoms with Crippen LogP contribution in [0.4, 0.5) is 0 Å². The molecule has 0 fully saturated rings. The summed E-state index contributed by atoms with van der Waals surface area (Å²) in [5, 5.41) is 5.91. The second-order valence-electron chi connectivity index (χ2n) is 6.32. The van der Waals surface area contributed by atoms with E-state index >= 15 is 0 Å². The quantitative estimate of drug-likeness (QED) is 0.428. The maximum Gasteiger partial charge on any atom is 0.252 e. The second kappa shape index (κ2) is 7.62. The number of rotatable bonds is 4. The summed E-state index contributed by atoms with van der Waals surface area (Å²) in [6.07, 6.45) is 0. The van der Waals surface area contributed by atoms with Crippen LogP contribution in [0.3, 0.4) is 0 Å². The molecule has 0 saturated heterocycles. The number of aromatic nitrogens is 1. The average molecular weight is 437 g/mol. The van der Waals surface area contributed by atoms with Crippen molar-refractivity contribution in [1.29, 1.82) is 0 Å². The van der Waals surface area contributed by atoms with Gasteiger partial charge in [0.25, 0.3) is 5.91 Å². The number of carbonyl (C=O) groups is 1. The van der Waals surface area contributed by atoms with E-state index in [0.29, 0.717) is 12.1 Å². The number of hydrogen-bond donors (Lipinski definition) is 1. The van der Waals surface area contributed by atoms with Crippen LogP contribution >= 0.6 is 27.3 Å². The van der Waals surface area contributed by atoms with Gasteiger partial charge in [0, 0.05) is 16.4 Å². The van der Waals surface area contributed by atoms with Crippen molar-refractivity contribution in [1.82, 2.24) is 10.3 Å². The van der Waals surface area contributed by atoms with Crippen LogP contribution in [0.2, 0.25) is 0 Å². The van der Waals surface area contributed by atoms with E-state index in [1.54, 1.807) is 11.3 Å². The van der Waals surface area contributed by atoms with Gasteiger partial charge < -0.3 is 5.32 Å². The summed E-state index contributed by atoms with van der Waals surface area (Å²) in [4.78, 5) is 18.9. The van der Waals surface area contributed by atoms with Crippen LogP contribution in [-0.2, 0) is 6.54 Å². The predicted molar refractivity (Wildman–Crippen MR) is 115 cm³/mol. The summed E-state index contributed by atoms with van der Waals surface area (Å²) in [5.41, 5.74) is 4.43. The number of pyridine rings is 1. The second-order valence-corrected chi connectivity index (χ2v) is 8.18. The van der Waals surface area contributed by atoms with E-state index in [2.05, 4.69) is 21.2 Å². The summed E-state index contributed by atoms with van der Waals surface area (Å²) in [6, 6.07) is 19.8. The number of nitrogens with zero attached hydrogens (tertiary/aromatic N) is 1. The van der Waals surface area contributed by atoms with Crippen LogP contribution in [0.5, 0.6) is 0 Å². The third-order valence-corrected chi connectivity index (χ3v) is 5.73. The maximum atomic E-state index is 13.0. The molecule has 1 N–H and O–H groups in total. The van der Waals surface area contributed by atoms with Gasteiger partial charge >= 0.3 is 0 Å². The molecule has 4 rings (SSSR count). The number of fused-ring (bicyclic) bond motifs is 1. The van der Waals surface area contributed by atoms with E-state index < -0.39 is 0 Å². The van der Waals surface area contributed by atoms with Gasteiger partial charge in [-0.2, -0.15) is 0 Å². The molecule has 27 heavy (non-hydrogen) atoms. The molecular formula is C22H17BrN2OS. The lowest BCUT2D eigenvalue weighted by Gasteiger charge is -2.12. The molecule has 0 saturated carbocycles. The minimum atomic E-state index is -0.0958. The highest BCUT2D eigenvalue weighted by Crippen LogP contribution is 2.31. The number of nitrogens with one attached hydrogen (secondary N) is 1. The fraction of sp³-hybridized carbons (Fsp3) is 0.0909. The SMILES string of the molecule is Cc1cc(Br)cc2c(C(=O)NCc3ccccc3)cc(-c3cccs3)nc12. The Kier molecular flexibility index (Phi) is 5.05. The molecule has 0 aliphatic carbocycles. The first-order chi connectivity index (χ1) is 13.1. The summed E-state index contributed by atoms with van der Waals surface area (Å²) in [7, 11) is 0. The van der Waals surface area contributed by atoms with Crippen molar-refractivity contribution in [3.63, 3.8) is 0 Å². The van der Waals surface area contributed by atoms with E-state index in [0.717, 1.165) is 37.1 Å². The molecule has 134 valence electrons. The molecule has 0 aliphatic rings. The van der Waals surface area contributed by atoms with Gasteiger partial charge in [-0.25, -0.2) is 4.98 Å². The van der Waals surface area contributed by atoms with E-state index in [-0.39, 0.29) is 5.91 Å². The van der Waals surface area contributed by atoms with Gasteiger partial charge in [-0.15, -0.1) is 11.3 Å². The molecule has 0 unspecified atom stereocenters. The Hall–Kier alpha value is -2.50. The molecule has 0 bridgehead atoms. The largest absolute Gasteiger partial charge is 0.348 e. The van der Waals surface area contributed by atoms with Crippen LogP contribution in [0.15, 0.2) is 70.5 Å². The molecule has 2 aromatic heterocycles. The smallest absolute Gasteiger partial charge is 0.252 e. The van der Waals surface area contributed by atoms with Crippen LogP contribution < -0.4 is 5.32 Å². The fourth-order valence-electron chi connectivity index (χ4n) is 3.07. The van der Waals surface area contributed by atoms with Crippen LogP contribution in [0.1, 0.15) is 21.5 Å². The predicted octanol–water partition coefficient (Wildman–Crippen LogP) is 5.96. The first-order valence-electron chi connectivity index (χ1n) is 8.59. The summed E-state index contributed by atoms with van der Waals surface area (Å²) < 4.78 is 0.940. The minimum Gasteiger partial charge on any atom is -0.348 e. The van der Waals surface area contributed by atoms with Crippen molar-refractivity contribution in [3.05, 3.63) is 87.2 Å². The van der Waals surface area contributed by atoms with Crippen LogP contribution in [0, 0.1) is 6.92 Å². The van der Waals surface area contributed by atoms with E-state index in [4.69, 9.17) is 4.98 Å². The summed E-state index contributed by atoms with van der Waals surface area (Å²) >= 11 is 5.16. The monoisotopic (exact) mass is 436 g/mol. The number of hydrogen-bond acceptors (Lipinski definition) is 3. The van der Waals surface area contributed by atoms with Crippen molar-refractivity contribution in [2.75, 3.05) is 0 Å². The zero-order chi connectivity index (χ0) is 18.8. The van der Waals surface area contributed by atoms with Crippen LogP contribution in [0.25, 0.3) is 21.5 Å². The van der Waals surface area contributed by atoms with Crippen molar-refractivity contribution >= 4 is 44.1 Å². The number of benzene rings is 2. The molecular weight excluding hydrogens is 420 g/mol. The summed E-state index contributed by atoms with van der Waals surface area (Å²) in [6.45, 7) is 2.51. The van der Waals surface area contributed by atoms with Crippen LogP contribution in [-0.4, -0.2) is 10.9 Å². The van der Waals surface area contributed by atoms with E-state index in [1.165, 1.54) is 0 Å². The Morgan fingerprint density at radius 3 is 2.67 bits per heavy atom. The fourth-order valence-corrected chi connectivity index (χ4v) is 4.33. The van der Waals surface area contributed by atoms with Gasteiger partial charge in [0.1, 0.15) is 0 Å². The zero-order valence-electron chi connectivity index (χ0n) is 14.7. The average Bonchev–Trinajstić information content (AvgIpc) is 3.21. The third kappa shape index (κ3) is 3.80. The van der Waals surface area contributed by atoms with Gasteiger partial charge in [0.05, 0.1) is 21.7 Å². The third-order valence-electron chi connectivity index (χ3n) is 4.38. The molecule has 0 aliphatic heterocycles. The lowest BCUT2D eigenvalue weighted by molar-refractivity contribution is 0.0952. The molecule has 3 nitrogen and oxygen atoms in total. The molecule has 2 heterocycles. The molecule has 0 radical (unpaired) electrons. The highest BCUT2D eigenvalue weighted by atomic mass is 79.9. The number of halogens is 1. The van der Waals surface area contributed by atoms with Gasteiger partial charge in [0.2, 0.25) is 0 Å². The zero-order valence-corrected chi connectivity index (χ0v) is 17.1. The molecule has 0 spiro atoms. The topological polar surface area (TPSA) is 42.0 Å². The first kappa shape index (κ1) is 17.9. The minimum absolute atomic E-state index is 0.0958. The maximum absolute atomic E-state index is 13.0. The van der Waals surface area contributed by atoms with Crippen molar-refractivity contribution in [3.8, 4) is 10.6 Å². The van der Waals surface area contributed by atoms with Gasteiger partial charge in [-0.3, -0.25) is 4.79 Å². The van der Waals surface area contributed by atoms with E-state index in [1.807, 2.05) is 73.0 Å². The number of amides is 1. The number of aryl methyl sites for hydroxylation is 1. The Morgan fingerprint density at radius 2 is 1.93 bits per heavy atom. The Bertz CT molecular complexity index is 1110. The number of carbonyl (C=O) groups excluding carboxylic acids is 1. The normalized spacial score (nSPS) is 10.9. The Morgan fingerprint density at radius 1 is 1.11 bits per heavy atom. The lowest BCUT2D eigenvalue weighted by atomic mass is 10.0. The molecule has 0 atom stereocenters. The van der Waals surface area contributed by atoms with Crippen molar-refractivity contribution in [2.45, 2.75) is 13.5 Å². The Balaban J connectivity index is 1.78. The van der Waals surface area contributed by atoms with Crippen molar-refractivity contribution in [2.24, 2.45) is 0 Å². The highest BCUT2D eigenvalue weighted by molar-refractivity contribution is 9.10. The standard InChI is InChI=1S/C22H17BrN2OS/c1-14-10-16(23)11-17-18(22(26)24-13-15-6-3-2-4-7-15)12-19(25-21(14)17)20-8-5-9-27-20/h2-12H,13H2,1H3,(H,24,26). The molecule has 1 amide bonds. The summed E-state index contributed by atoms with van der Waals surface area (Å²) in [5.74, 6) is -0.0958. The Labute approximate surface area is 170 Å². The molecule has 4 aromatic rings. The van der Waals surface area contributed by atoms with Gasteiger partial charge in [0.15, 0.2) is 0 Å².